The summed E-state index contributed by atoms with van der Waals surface area (Å²) in [5.74, 6) is -1.33. The van der Waals surface area contributed by atoms with Gasteiger partial charge in [0.1, 0.15) is 0 Å². The van der Waals surface area contributed by atoms with Gasteiger partial charge in [0, 0.05) is 4.47 Å². The third-order valence-electron chi connectivity index (χ3n) is 5.84. The van der Waals surface area contributed by atoms with Gasteiger partial charge in [0.15, 0.2) is 11.5 Å². The lowest BCUT2D eigenvalue weighted by atomic mass is 9.90. The van der Waals surface area contributed by atoms with Gasteiger partial charge in [-0.15, -0.1) is 0 Å². The van der Waals surface area contributed by atoms with Gasteiger partial charge >= 0.3 is 5.97 Å². The van der Waals surface area contributed by atoms with E-state index in [4.69, 9.17) is 9.47 Å². The summed E-state index contributed by atoms with van der Waals surface area (Å²) in [5, 5.41) is 6.65. The summed E-state index contributed by atoms with van der Waals surface area (Å²) in [5.41, 5.74) is 5.02. The van der Waals surface area contributed by atoms with Crippen molar-refractivity contribution >= 4 is 39.9 Å². The molecule has 4 rings (SSSR count). The molecular weight excluding hydrogens is 574 g/mol. The summed E-state index contributed by atoms with van der Waals surface area (Å²) >= 11 is 3.34. The van der Waals surface area contributed by atoms with Gasteiger partial charge in [0.05, 0.1) is 31.4 Å². The minimum absolute atomic E-state index is 0.235. The maximum atomic E-state index is 13.1. The Morgan fingerprint density at radius 2 is 1.48 bits per heavy atom. The van der Waals surface area contributed by atoms with Gasteiger partial charge in [0.2, 0.25) is 5.91 Å². The number of halogens is 1. The van der Waals surface area contributed by atoms with Crippen LogP contribution in [0, 0.1) is 0 Å². The molecule has 9 heteroatoms. The number of methoxy groups -OCH3 is 1. The quantitative estimate of drug-likeness (QED) is 0.114. The average Bonchev–Trinajstić information content (AvgIpc) is 2.98. The summed E-state index contributed by atoms with van der Waals surface area (Å²) in [4.78, 5) is 38.0. The van der Waals surface area contributed by atoms with Crippen molar-refractivity contribution in [1.29, 1.82) is 0 Å². The van der Waals surface area contributed by atoms with E-state index in [-0.39, 0.29) is 18.2 Å². The Hall–Kier alpha value is -4.76. The van der Waals surface area contributed by atoms with Crippen LogP contribution in [0.1, 0.15) is 33.0 Å². The number of esters is 1. The Balaban J connectivity index is 1.34. The van der Waals surface area contributed by atoms with Crippen LogP contribution in [0.3, 0.4) is 0 Å². The van der Waals surface area contributed by atoms with Crippen molar-refractivity contribution in [3.63, 3.8) is 0 Å². The van der Waals surface area contributed by atoms with Crippen LogP contribution >= 0.6 is 15.9 Å². The minimum Gasteiger partial charge on any atom is -0.493 e. The van der Waals surface area contributed by atoms with Crippen LogP contribution in [0.2, 0.25) is 0 Å². The molecule has 202 valence electrons. The first kappa shape index (κ1) is 28.3. The highest BCUT2D eigenvalue weighted by Crippen LogP contribution is 2.29. The van der Waals surface area contributed by atoms with Gasteiger partial charge in [-0.3, -0.25) is 9.59 Å². The van der Waals surface area contributed by atoms with Crippen LogP contribution < -0.4 is 20.2 Å². The second kappa shape index (κ2) is 13.9. The minimum atomic E-state index is -0.554. The van der Waals surface area contributed by atoms with Crippen molar-refractivity contribution in [3.05, 3.63) is 130 Å². The van der Waals surface area contributed by atoms with E-state index < -0.39 is 17.8 Å². The van der Waals surface area contributed by atoms with Crippen LogP contribution in [0.25, 0.3) is 0 Å². The fraction of sp³-hybridized carbons (Fsp3) is 0.0968. The normalized spacial score (nSPS) is 10.8. The van der Waals surface area contributed by atoms with Gasteiger partial charge in [-0.05, 0) is 63.0 Å². The fourth-order valence-corrected chi connectivity index (χ4v) is 4.35. The summed E-state index contributed by atoms with van der Waals surface area (Å²) in [6.45, 7) is -0.250. The number of hydrogen-bond acceptors (Lipinski definition) is 6. The number of carbonyl (C=O) groups is 3. The maximum absolute atomic E-state index is 13.1. The number of amides is 2. The number of hydrazone groups is 1. The molecule has 0 aliphatic carbocycles. The molecule has 0 unspecified atom stereocenters. The molecule has 40 heavy (non-hydrogen) atoms. The number of carbonyl (C=O) groups excluding carboxylic acids is 3. The molecule has 4 aromatic carbocycles. The van der Waals surface area contributed by atoms with E-state index in [0.717, 1.165) is 11.1 Å². The highest BCUT2D eigenvalue weighted by Gasteiger charge is 2.22. The van der Waals surface area contributed by atoms with Crippen LogP contribution in [-0.4, -0.2) is 37.7 Å². The predicted molar refractivity (Wildman–Crippen MR) is 156 cm³/mol. The van der Waals surface area contributed by atoms with Crippen molar-refractivity contribution in [3.8, 4) is 11.5 Å². The second-order valence-electron chi connectivity index (χ2n) is 8.55. The van der Waals surface area contributed by atoms with E-state index in [2.05, 4.69) is 31.8 Å². The molecule has 0 aliphatic rings. The Morgan fingerprint density at radius 3 is 2.10 bits per heavy atom. The fourth-order valence-electron chi connectivity index (χ4n) is 3.90. The highest BCUT2D eigenvalue weighted by molar-refractivity contribution is 9.10. The molecule has 0 saturated carbocycles. The lowest BCUT2D eigenvalue weighted by Crippen LogP contribution is -2.37. The van der Waals surface area contributed by atoms with E-state index in [9.17, 15) is 14.4 Å². The molecule has 0 atom stereocenters. The molecule has 8 nitrogen and oxygen atoms in total. The molecule has 0 bridgehead atoms. The second-order valence-corrected chi connectivity index (χ2v) is 9.40. The van der Waals surface area contributed by atoms with E-state index in [0.29, 0.717) is 21.3 Å². The third-order valence-corrected chi connectivity index (χ3v) is 6.53. The van der Waals surface area contributed by atoms with Crippen LogP contribution in [0.5, 0.6) is 11.5 Å². The topological polar surface area (TPSA) is 106 Å². The molecule has 2 N–H and O–H groups in total. The maximum Gasteiger partial charge on any atom is 0.344 e. The number of benzene rings is 4. The molecule has 0 aromatic heterocycles. The van der Waals surface area contributed by atoms with Crippen molar-refractivity contribution in [2.45, 2.75) is 5.92 Å². The number of hydrogen-bond donors (Lipinski definition) is 2. The van der Waals surface area contributed by atoms with E-state index in [1.54, 1.807) is 42.5 Å². The monoisotopic (exact) mass is 599 g/mol. The summed E-state index contributed by atoms with van der Waals surface area (Å²) in [6.07, 6.45) is 1.42. The van der Waals surface area contributed by atoms with Gasteiger partial charge in [-0.25, -0.2) is 10.2 Å². The van der Waals surface area contributed by atoms with Crippen LogP contribution in [-0.2, 0) is 9.59 Å². The first-order chi connectivity index (χ1) is 19.5. The van der Waals surface area contributed by atoms with E-state index in [1.807, 2.05) is 60.7 Å². The standard InChI is InChI=1S/C31H26BrN3O5/c1-39-27-18-21(16-17-26(27)40-31(38)24-14-8-9-15-25(24)32)19-34-35-28(36)20-33-30(37)29(22-10-4-2-5-11-22)23-12-6-3-7-13-23/h2-19,29H,20H2,1H3,(H,33,37)(H,35,36)/b34-19-. The van der Waals surface area contributed by atoms with Gasteiger partial charge in [-0.2, -0.15) is 5.10 Å². The average molecular weight is 600 g/mol. The lowest BCUT2D eigenvalue weighted by molar-refractivity contribution is -0.126. The summed E-state index contributed by atoms with van der Waals surface area (Å²) < 4.78 is 11.5. The Morgan fingerprint density at radius 1 is 0.850 bits per heavy atom. The Labute approximate surface area is 240 Å². The predicted octanol–water partition coefficient (Wildman–Crippen LogP) is 5.08. The lowest BCUT2D eigenvalue weighted by Gasteiger charge is -2.17. The molecule has 0 heterocycles. The molecule has 0 fully saturated rings. The molecule has 0 radical (unpaired) electrons. The molecular formula is C31H26BrN3O5. The first-order valence-corrected chi connectivity index (χ1v) is 13.1. The van der Waals surface area contributed by atoms with Crippen LogP contribution in [0.15, 0.2) is 113 Å². The van der Waals surface area contributed by atoms with E-state index >= 15 is 0 Å². The largest absolute Gasteiger partial charge is 0.493 e. The van der Waals surface area contributed by atoms with Crippen molar-refractivity contribution in [2.24, 2.45) is 5.10 Å². The molecule has 4 aromatic rings. The summed E-state index contributed by atoms with van der Waals surface area (Å²) in [7, 11) is 1.45. The highest BCUT2D eigenvalue weighted by atomic mass is 79.9. The molecule has 0 aliphatic heterocycles. The van der Waals surface area contributed by atoms with Gasteiger partial charge in [-0.1, -0.05) is 72.8 Å². The smallest absolute Gasteiger partial charge is 0.344 e. The zero-order valence-electron chi connectivity index (χ0n) is 21.5. The number of ether oxygens (including phenoxy) is 2. The third kappa shape index (κ3) is 7.42. The van der Waals surface area contributed by atoms with Crippen molar-refractivity contribution in [1.82, 2.24) is 10.7 Å². The first-order valence-electron chi connectivity index (χ1n) is 12.3. The van der Waals surface area contributed by atoms with Gasteiger partial charge in [0.25, 0.3) is 5.91 Å². The zero-order valence-corrected chi connectivity index (χ0v) is 23.1. The zero-order chi connectivity index (χ0) is 28.3. The van der Waals surface area contributed by atoms with Crippen molar-refractivity contribution in [2.75, 3.05) is 13.7 Å². The molecule has 0 saturated heterocycles. The molecule has 2 amide bonds. The Bertz CT molecular complexity index is 1470. The summed E-state index contributed by atoms with van der Waals surface area (Å²) in [6, 6.07) is 30.5. The van der Waals surface area contributed by atoms with Crippen LogP contribution in [0.4, 0.5) is 0 Å². The van der Waals surface area contributed by atoms with Gasteiger partial charge < -0.3 is 14.8 Å². The van der Waals surface area contributed by atoms with Crippen molar-refractivity contribution < 1.29 is 23.9 Å². The van der Waals surface area contributed by atoms with E-state index in [1.165, 1.54) is 13.3 Å². The Kier molecular flexibility index (Phi) is 9.79. The SMILES string of the molecule is COc1cc(/C=N\NC(=O)CNC(=O)C(c2ccccc2)c2ccccc2)ccc1OC(=O)c1ccccc1Br. The number of nitrogens with zero attached hydrogens (tertiary/aromatic N) is 1. The number of nitrogens with one attached hydrogen (secondary N) is 2. The molecule has 0 spiro atoms. The number of rotatable bonds is 10.